The maximum Gasteiger partial charge on any atom is 0.410 e. The second-order valence-electron chi connectivity index (χ2n) is 7.31. The number of halogens is 1. The Labute approximate surface area is 157 Å². The lowest BCUT2D eigenvalue weighted by molar-refractivity contribution is -0.117. The lowest BCUT2D eigenvalue weighted by atomic mass is 10.2. The highest BCUT2D eigenvalue weighted by atomic mass is 79.9. The maximum atomic E-state index is 12.2. The van der Waals surface area contributed by atoms with Gasteiger partial charge in [-0.15, -0.1) is 0 Å². The van der Waals surface area contributed by atoms with E-state index in [1.54, 1.807) is 4.90 Å². The van der Waals surface area contributed by atoms with Gasteiger partial charge in [0, 0.05) is 35.8 Å². The average Bonchev–Trinajstić information content (AvgIpc) is 2.47. The van der Waals surface area contributed by atoms with Crippen LogP contribution in [-0.4, -0.2) is 59.6 Å². The predicted molar refractivity (Wildman–Crippen MR) is 102 cm³/mol. The van der Waals surface area contributed by atoms with Gasteiger partial charge in [-0.05, 0) is 52.0 Å². The fraction of sp³-hybridized carbons (Fsp3) is 0.556. The summed E-state index contributed by atoms with van der Waals surface area (Å²) in [6.07, 6.45) is -0.293. The van der Waals surface area contributed by atoms with Crippen molar-refractivity contribution in [3.63, 3.8) is 0 Å². The van der Waals surface area contributed by atoms with Crippen LogP contribution >= 0.6 is 15.9 Å². The number of hydrogen-bond donors (Lipinski definition) is 1. The molecule has 0 aliphatic carbocycles. The largest absolute Gasteiger partial charge is 0.444 e. The molecule has 0 unspecified atom stereocenters. The molecule has 1 aliphatic rings. The summed E-state index contributed by atoms with van der Waals surface area (Å²) in [7, 11) is 0. The van der Waals surface area contributed by atoms with Gasteiger partial charge in [0.1, 0.15) is 5.60 Å². The van der Waals surface area contributed by atoms with E-state index < -0.39 is 5.60 Å². The summed E-state index contributed by atoms with van der Waals surface area (Å²) in [6, 6.07) is 7.48. The minimum atomic E-state index is -0.501. The van der Waals surface area contributed by atoms with Crippen molar-refractivity contribution in [3.05, 3.63) is 28.7 Å². The topological polar surface area (TPSA) is 61.9 Å². The molecule has 7 heteroatoms. The molecule has 138 valence electrons. The molecule has 6 nitrogen and oxygen atoms in total. The van der Waals surface area contributed by atoms with E-state index in [9.17, 15) is 9.59 Å². The monoisotopic (exact) mass is 411 g/mol. The molecule has 0 aromatic heterocycles. The standard InChI is InChI=1S/C18H26BrN3O3/c1-13-11-21(9-10-22(13)17(24)25-18(2,3)4)12-16(23)20-15-7-5-14(19)6-8-15/h5-8,13H,9-12H2,1-4H3,(H,20,23)/t13-/m0/s1. The number of carbonyl (C=O) groups is 2. The first-order valence-electron chi connectivity index (χ1n) is 8.41. The number of ether oxygens (including phenoxy) is 1. The highest BCUT2D eigenvalue weighted by Gasteiger charge is 2.31. The zero-order chi connectivity index (χ0) is 18.6. The number of hydrogen-bond acceptors (Lipinski definition) is 4. The molecule has 2 amide bonds. The third kappa shape index (κ3) is 6.32. The number of benzene rings is 1. The van der Waals surface area contributed by atoms with Gasteiger partial charge in [-0.1, -0.05) is 15.9 Å². The first-order valence-corrected chi connectivity index (χ1v) is 9.21. The minimum absolute atomic E-state index is 0.00378. The van der Waals surface area contributed by atoms with E-state index in [-0.39, 0.29) is 18.0 Å². The van der Waals surface area contributed by atoms with E-state index in [1.807, 2.05) is 52.0 Å². The molecule has 0 radical (unpaired) electrons. The zero-order valence-corrected chi connectivity index (χ0v) is 16.8. The molecule has 1 aromatic carbocycles. The van der Waals surface area contributed by atoms with Gasteiger partial charge >= 0.3 is 6.09 Å². The second kappa shape index (κ2) is 8.19. The normalized spacial score (nSPS) is 18.8. The van der Waals surface area contributed by atoms with Gasteiger partial charge in [-0.25, -0.2) is 4.79 Å². The lowest BCUT2D eigenvalue weighted by Gasteiger charge is -2.39. The van der Waals surface area contributed by atoms with Crippen LogP contribution in [0.15, 0.2) is 28.7 Å². The SMILES string of the molecule is C[C@H]1CN(CC(=O)Nc2ccc(Br)cc2)CCN1C(=O)OC(C)(C)C. The Morgan fingerprint density at radius 1 is 1.24 bits per heavy atom. The van der Waals surface area contributed by atoms with Crippen molar-refractivity contribution in [2.75, 3.05) is 31.5 Å². The summed E-state index contributed by atoms with van der Waals surface area (Å²) in [5, 5.41) is 2.89. The van der Waals surface area contributed by atoms with E-state index in [0.29, 0.717) is 26.2 Å². The van der Waals surface area contributed by atoms with Crippen LogP contribution in [0.3, 0.4) is 0 Å². The fourth-order valence-electron chi connectivity index (χ4n) is 2.71. The molecule has 1 aromatic rings. The van der Waals surface area contributed by atoms with Crippen molar-refractivity contribution >= 4 is 33.6 Å². The molecule has 0 spiro atoms. The van der Waals surface area contributed by atoms with Crippen LogP contribution in [0, 0.1) is 0 Å². The Hall–Kier alpha value is -1.60. The van der Waals surface area contributed by atoms with E-state index in [0.717, 1.165) is 10.2 Å². The Balaban J connectivity index is 1.83. The summed E-state index contributed by atoms with van der Waals surface area (Å²) >= 11 is 3.37. The molecule has 25 heavy (non-hydrogen) atoms. The Kier molecular flexibility index (Phi) is 6.46. The number of rotatable bonds is 3. The number of anilines is 1. The van der Waals surface area contributed by atoms with Crippen molar-refractivity contribution in [1.82, 2.24) is 9.80 Å². The minimum Gasteiger partial charge on any atom is -0.444 e. The van der Waals surface area contributed by atoms with Gasteiger partial charge in [-0.2, -0.15) is 0 Å². The second-order valence-corrected chi connectivity index (χ2v) is 8.23. The van der Waals surface area contributed by atoms with Crippen molar-refractivity contribution in [2.45, 2.75) is 39.3 Å². The molecule has 1 heterocycles. The van der Waals surface area contributed by atoms with Crippen LogP contribution < -0.4 is 5.32 Å². The summed E-state index contributed by atoms with van der Waals surface area (Å²) in [5.41, 5.74) is 0.270. The number of amides is 2. The fourth-order valence-corrected chi connectivity index (χ4v) is 2.97. The van der Waals surface area contributed by atoms with Crippen molar-refractivity contribution in [1.29, 1.82) is 0 Å². The van der Waals surface area contributed by atoms with Gasteiger partial charge in [0.25, 0.3) is 0 Å². The Morgan fingerprint density at radius 2 is 1.88 bits per heavy atom. The Bertz CT molecular complexity index is 613. The van der Waals surface area contributed by atoms with Gasteiger partial charge in [0.05, 0.1) is 6.54 Å². The predicted octanol–water partition coefficient (Wildman–Crippen LogP) is 3.33. The third-order valence-electron chi connectivity index (χ3n) is 3.83. The van der Waals surface area contributed by atoms with Gasteiger partial charge in [-0.3, -0.25) is 9.69 Å². The molecule has 0 saturated carbocycles. The average molecular weight is 412 g/mol. The van der Waals surface area contributed by atoms with Crippen molar-refractivity contribution in [3.8, 4) is 0 Å². The third-order valence-corrected chi connectivity index (χ3v) is 4.36. The van der Waals surface area contributed by atoms with E-state index in [1.165, 1.54) is 0 Å². The summed E-state index contributed by atoms with van der Waals surface area (Å²) in [6.45, 7) is 9.71. The van der Waals surface area contributed by atoms with E-state index in [2.05, 4.69) is 26.1 Å². The quantitative estimate of drug-likeness (QED) is 0.828. The molecular weight excluding hydrogens is 386 g/mol. The highest BCUT2D eigenvalue weighted by Crippen LogP contribution is 2.16. The molecular formula is C18H26BrN3O3. The number of carbonyl (C=O) groups excluding carboxylic acids is 2. The van der Waals surface area contributed by atoms with E-state index >= 15 is 0 Å². The zero-order valence-electron chi connectivity index (χ0n) is 15.2. The molecule has 1 fully saturated rings. The molecule has 1 saturated heterocycles. The summed E-state index contributed by atoms with van der Waals surface area (Å²) in [4.78, 5) is 28.2. The molecule has 1 N–H and O–H groups in total. The van der Waals surface area contributed by atoms with E-state index in [4.69, 9.17) is 4.74 Å². The smallest absolute Gasteiger partial charge is 0.410 e. The van der Waals surface area contributed by atoms with Crippen LogP contribution in [-0.2, 0) is 9.53 Å². The number of nitrogens with zero attached hydrogens (tertiary/aromatic N) is 2. The first-order chi connectivity index (χ1) is 11.6. The molecule has 0 bridgehead atoms. The van der Waals surface area contributed by atoms with Gasteiger partial charge in [0.15, 0.2) is 0 Å². The highest BCUT2D eigenvalue weighted by molar-refractivity contribution is 9.10. The van der Waals surface area contributed by atoms with Crippen LogP contribution in [0.1, 0.15) is 27.7 Å². The first kappa shape index (κ1) is 19.7. The van der Waals surface area contributed by atoms with Crippen molar-refractivity contribution in [2.24, 2.45) is 0 Å². The van der Waals surface area contributed by atoms with Crippen LogP contribution in [0.4, 0.5) is 10.5 Å². The summed E-state index contributed by atoms with van der Waals surface area (Å²) in [5.74, 6) is -0.0553. The molecule has 2 rings (SSSR count). The van der Waals surface area contributed by atoms with Gasteiger partial charge in [0.2, 0.25) is 5.91 Å². The number of nitrogens with one attached hydrogen (secondary N) is 1. The van der Waals surface area contributed by atoms with Crippen LogP contribution in [0.5, 0.6) is 0 Å². The van der Waals surface area contributed by atoms with Gasteiger partial charge < -0.3 is 15.0 Å². The lowest BCUT2D eigenvalue weighted by Crippen LogP contribution is -2.56. The van der Waals surface area contributed by atoms with Crippen molar-refractivity contribution < 1.29 is 14.3 Å². The summed E-state index contributed by atoms with van der Waals surface area (Å²) < 4.78 is 6.41. The van der Waals surface area contributed by atoms with Crippen LogP contribution in [0.2, 0.25) is 0 Å². The molecule has 1 aliphatic heterocycles. The Morgan fingerprint density at radius 3 is 2.44 bits per heavy atom. The molecule has 1 atom stereocenters. The number of piperazine rings is 1. The van der Waals surface area contributed by atoms with Crippen LogP contribution in [0.25, 0.3) is 0 Å². The maximum absolute atomic E-state index is 12.2.